The Kier molecular flexibility index (Phi) is 7.46. The Hall–Kier alpha value is -6.52. The van der Waals surface area contributed by atoms with E-state index in [4.69, 9.17) is 0 Å². The maximum Gasteiger partial charge on any atom is 0.416 e. The van der Waals surface area contributed by atoms with Crippen molar-refractivity contribution < 1.29 is 26.3 Å². The molecule has 0 fully saturated rings. The minimum absolute atomic E-state index is 0.0412. The summed E-state index contributed by atoms with van der Waals surface area (Å²) in [6, 6.07) is 31.1. The molecule has 0 bridgehead atoms. The van der Waals surface area contributed by atoms with E-state index in [0.717, 1.165) is 62.8 Å². The molecule has 6 aromatic carbocycles. The largest absolute Gasteiger partial charge is 0.416 e. The van der Waals surface area contributed by atoms with Gasteiger partial charge < -0.3 is 9.13 Å². The van der Waals surface area contributed by atoms with Crippen LogP contribution in [-0.2, 0) is 12.4 Å². The van der Waals surface area contributed by atoms with Crippen LogP contribution in [0.25, 0.3) is 66.1 Å². The van der Waals surface area contributed by atoms with Crippen molar-refractivity contribution >= 4 is 43.6 Å². The quantitative estimate of drug-likeness (QED) is 0.171. The molecule has 0 aliphatic carbocycles. The molecular weight excluding hydrogens is 686 g/mol. The van der Waals surface area contributed by atoms with Crippen molar-refractivity contribution in [3.05, 3.63) is 142 Å². The highest BCUT2D eigenvalue weighted by Gasteiger charge is 2.34. The minimum atomic E-state index is -4.76. The van der Waals surface area contributed by atoms with Crippen LogP contribution in [0.2, 0.25) is 0 Å². The highest BCUT2D eigenvalue weighted by atomic mass is 19.4. The summed E-state index contributed by atoms with van der Waals surface area (Å²) in [4.78, 5) is 0. The number of rotatable bonds is 3. The van der Waals surface area contributed by atoms with Crippen molar-refractivity contribution in [3.8, 4) is 34.6 Å². The molecule has 0 aliphatic heterocycles. The first-order valence-electron chi connectivity index (χ1n) is 16.5. The number of hydrogen-bond donors (Lipinski definition) is 0. The third kappa shape index (κ3) is 5.46. The number of nitriles is 2. The number of fused-ring (bicyclic) bond motifs is 6. The number of hydrogen-bond acceptors (Lipinski definition) is 2. The molecule has 0 aliphatic rings. The van der Waals surface area contributed by atoms with Gasteiger partial charge in [0.05, 0.1) is 67.8 Å². The molecule has 0 saturated heterocycles. The molecule has 2 heterocycles. The maximum atomic E-state index is 14.1. The lowest BCUT2D eigenvalue weighted by atomic mass is 9.95. The molecular formula is C43H26F6N4. The van der Waals surface area contributed by atoms with Gasteiger partial charge in [-0.1, -0.05) is 29.3 Å². The Morgan fingerprint density at radius 2 is 0.849 bits per heavy atom. The highest BCUT2D eigenvalue weighted by Crippen LogP contribution is 2.45. The zero-order chi connectivity index (χ0) is 37.6. The van der Waals surface area contributed by atoms with E-state index in [1.54, 1.807) is 28.8 Å². The highest BCUT2D eigenvalue weighted by molar-refractivity contribution is 6.12. The van der Waals surface area contributed by atoms with Crippen molar-refractivity contribution in [3.63, 3.8) is 0 Å². The molecule has 0 atom stereocenters. The van der Waals surface area contributed by atoms with Gasteiger partial charge in [0.1, 0.15) is 0 Å². The molecule has 260 valence electrons. The first-order chi connectivity index (χ1) is 25.2. The summed E-state index contributed by atoms with van der Waals surface area (Å²) in [5, 5.41) is 22.3. The SMILES string of the molecule is Cc1cc(C#N)cc(-c2c(-n3c4ccc(C)cc4c4cc(C)ccc43)cc(C#N)cc2-n2c3ccc(C(F)(F)F)cc3c3cc(C(F)(F)F)ccc32)c1. The van der Waals surface area contributed by atoms with Crippen molar-refractivity contribution in [1.29, 1.82) is 10.5 Å². The van der Waals surface area contributed by atoms with Crippen LogP contribution in [0.1, 0.15) is 38.9 Å². The number of nitrogens with zero attached hydrogens (tertiary/aromatic N) is 4. The van der Waals surface area contributed by atoms with Crippen molar-refractivity contribution in [2.75, 3.05) is 0 Å². The van der Waals surface area contributed by atoms with Crippen molar-refractivity contribution in [2.24, 2.45) is 0 Å². The smallest absolute Gasteiger partial charge is 0.308 e. The monoisotopic (exact) mass is 712 g/mol. The summed E-state index contributed by atoms with van der Waals surface area (Å²) >= 11 is 0. The third-order valence-corrected chi connectivity index (χ3v) is 9.70. The van der Waals surface area contributed by atoms with Crippen LogP contribution in [0.15, 0.2) is 103 Å². The molecule has 8 aromatic rings. The zero-order valence-corrected chi connectivity index (χ0v) is 28.4. The maximum absolute atomic E-state index is 14.1. The van der Waals surface area contributed by atoms with Crippen molar-refractivity contribution in [2.45, 2.75) is 33.1 Å². The van der Waals surface area contributed by atoms with E-state index in [1.807, 2.05) is 55.7 Å². The Morgan fingerprint density at radius 1 is 0.453 bits per heavy atom. The van der Waals surface area contributed by atoms with Crippen LogP contribution < -0.4 is 0 Å². The van der Waals surface area contributed by atoms with Crippen LogP contribution in [0.3, 0.4) is 0 Å². The van der Waals surface area contributed by atoms with Crippen LogP contribution in [-0.4, -0.2) is 9.13 Å². The summed E-state index contributed by atoms with van der Waals surface area (Å²) in [7, 11) is 0. The summed E-state index contributed by atoms with van der Waals surface area (Å²) in [6.45, 7) is 5.81. The summed E-state index contributed by atoms with van der Waals surface area (Å²) in [5.74, 6) is 0. The standard InChI is InChI=1S/C43H26F6N4/c1-23-4-8-35-31(14-23)32-15-24(2)5-9-36(32)52(35)39-17-27(22-51)18-40(41(39)28-13-25(3)12-26(16-28)21-50)53-37-10-6-29(42(44,45)46)19-33(37)34-20-30(43(47,48)49)7-11-38(34)53/h4-20H,1-3H3. The second-order valence-corrected chi connectivity index (χ2v) is 13.4. The molecule has 4 nitrogen and oxygen atoms in total. The molecule has 53 heavy (non-hydrogen) atoms. The molecule has 0 saturated carbocycles. The van der Waals surface area contributed by atoms with Gasteiger partial charge in [-0.3, -0.25) is 0 Å². The van der Waals surface area contributed by atoms with E-state index in [-0.39, 0.29) is 27.4 Å². The molecule has 0 radical (unpaired) electrons. The Morgan fingerprint density at radius 3 is 1.26 bits per heavy atom. The van der Waals surface area contributed by atoms with Gasteiger partial charge in [0.25, 0.3) is 0 Å². The van der Waals surface area contributed by atoms with Crippen LogP contribution in [0.5, 0.6) is 0 Å². The lowest BCUT2D eigenvalue weighted by Crippen LogP contribution is -2.06. The predicted octanol–water partition coefficient (Wildman–Crippen LogP) is 12.3. The van der Waals surface area contributed by atoms with Crippen LogP contribution in [0.4, 0.5) is 26.3 Å². The number of aromatic nitrogens is 2. The predicted molar refractivity (Wildman–Crippen MR) is 194 cm³/mol. The number of aryl methyl sites for hydroxylation is 3. The number of halogens is 6. The fraction of sp³-hybridized carbons (Fsp3) is 0.116. The van der Waals surface area contributed by atoms with E-state index in [2.05, 4.69) is 24.3 Å². The van der Waals surface area contributed by atoms with E-state index < -0.39 is 23.5 Å². The van der Waals surface area contributed by atoms with Gasteiger partial charge in [-0.05, 0) is 117 Å². The van der Waals surface area contributed by atoms with Crippen molar-refractivity contribution in [1.82, 2.24) is 9.13 Å². The second-order valence-electron chi connectivity index (χ2n) is 13.4. The zero-order valence-electron chi connectivity index (χ0n) is 28.4. The molecule has 8 rings (SSSR count). The average molecular weight is 713 g/mol. The fourth-order valence-corrected chi connectivity index (χ4v) is 7.46. The molecule has 0 unspecified atom stereocenters. The Bertz CT molecular complexity index is 2800. The summed E-state index contributed by atoms with van der Waals surface area (Å²) in [6.07, 6.45) is -9.52. The minimum Gasteiger partial charge on any atom is -0.308 e. The van der Waals surface area contributed by atoms with Gasteiger partial charge in [-0.15, -0.1) is 0 Å². The molecule has 0 N–H and O–H groups in total. The first-order valence-corrected chi connectivity index (χ1v) is 16.5. The Labute approximate surface area is 299 Å². The van der Waals surface area contributed by atoms with Gasteiger partial charge >= 0.3 is 12.4 Å². The van der Waals surface area contributed by atoms with Gasteiger partial charge in [-0.25, -0.2) is 0 Å². The van der Waals surface area contributed by atoms with E-state index in [0.29, 0.717) is 28.1 Å². The molecule has 0 spiro atoms. The van der Waals surface area contributed by atoms with Gasteiger partial charge in [0.2, 0.25) is 0 Å². The van der Waals surface area contributed by atoms with E-state index in [1.165, 1.54) is 12.1 Å². The van der Waals surface area contributed by atoms with Gasteiger partial charge in [-0.2, -0.15) is 36.9 Å². The lowest BCUT2D eigenvalue weighted by molar-refractivity contribution is -0.138. The fourth-order valence-electron chi connectivity index (χ4n) is 7.46. The summed E-state index contributed by atoms with van der Waals surface area (Å²) < 4.78 is 88.1. The molecule has 0 amide bonds. The number of alkyl halides is 6. The van der Waals surface area contributed by atoms with E-state index >= 15 is 0 Å². The molecule has 2 aromatic heterocycles. The van der Waals surface area contributed by atoms with Gasteiger partial charge in [0.15, 0.2) is 0 Å². The third-order valence-electron chi connectivity index (χ3n) is 9.70. The first kappa shape index (κ1) is 33.6. The Balaban J connectivity index is 1.60. The van der Waals surface area contributed by atoms with Crippen LogP contribution in [0, 0.1) is 43.4 Å². The topological polar surface area (TPSA) is 57.4 Å². The van der Waals surface area contributed by atoms with Gasteiger partial charge in [0, 0.05) is 27.1 Å². The average Bonchev–Trinajstić information content (AvgIpc) is 3.61. The second kappa shape index (κ2) is 11.8. The molecule has 10 heteroatoms. The summed E-state index contributed by atoms with van der Waals surface area (Å²) in [5.41, 5.74) is 5.34. The normalized spacial score (nSPS) is 12.2. The number of benzene rings is 6. The van der Waals surface area contributed by atoms with E-state index in [9.17, 15) is 36.9 Å². The lowest BCUT2D eigenvalue weighted by Gasteiger charge is -2.21. The van der Waals surface area contributed by atoms with Crippen LogP contribution >= 0.6 is 0 Å².